The molecule has 172 valence electrons. The van der Waals surface area contributed by atoms with E-state index in [0.29, 0.717) is 17.8 Å². The molecular formula is C28H33N3O2. The van der Waals surface area contributed by atoms with Crippen molar-refractivity contribution in [2.75, 3.05) is 19.6 Å². The number of aromatic nitrogens is 1. The van der Waals surface area contributed by atoms with Gasteiger partial charge in [0.2, 0.25) is 11.8 Å². The number of benzene rings is 2. The number of carbonyl (C=O) groups excluding carboxylic acids is 1. The van der Waals surface area contributed by atoms with E-state index in [9.17, 15) is 4.79 Å². The summed E-state index contributed by atoms with van der Waals surface area (Å²) in [6.45, 7) is 5.74. The number of nitrogens with zero attached hydrogens (tertiary/aromatic N) is 3. The second-order valence-corrected chi connectivity index (χ2v) is 9.36. The molecular weight excluding hydrogens is 410 g/mol. The lowest BCUT2D eigenvalue weighted by molar-refractivity contribution is -0.127. The third kappa shape index (κ3) is 5.03. The number of hydrogen-bond acceptors (Lipinski definition) is 4. The number of carbonyl (C=O) groups is 1. The van der Waals surface area contributed by atoms with Crippen LogP contribution in [0, 0.1) is 6.92 Å². The predicted molar refractivity (Wildman–Crippen MR) is 131 cm³/mol. The van der Waals surface area contributed by atoms with Crippen LogP contribution in [0.1, 0.15) is 50.0 Å². The minimum absolute atomic E-state index is 0.327. The second kappa shape index (κ2) is 9.92. The van der Waals surface area contributed by atoms with Crippen LogP contribution in [0.25, 0.3) is 22.6 Å². The summed E-state index contributed by atoms with van der Waals surface area (Å²) in [6, 6.07) is 19.4. The minimum atomic E-state index is 0.327. The first-order chi connectivity index (χ1) is 16.2. The fraction of sp³-hybridized carbons (Fsp3) is 0.429. The fourth-order valence-corrected chi connectivity index (χ4v) is 5.17. The van der Waals surface area contributed by atoms with Gasteiger partial charge in [0.25, 0.3) is 0 Å². The highest BCUT2D eigenvalue weighted by Crippen LogP contribution is 2.28. The Kier molecular flexibility index (Phi) is 6.58. The number of rotatable bonds is 7. The molecule has 0 spiro atoms. The van der Waals surface area contributed by atoms with Crippen molar-refractivity contribution in [2.24, 2.45) is 0 Å². The van der Waals surface area contributed by atoms with Crippen LogP contribution in [-0.2, 0) is 11.3 Å². The maximum Gasteiger partial charge on any atom is 0.226 e. The van der Waals surface area contributed by atoms with Crippen molar-refractivity contribution in [3.8, 4) is 22.6 Å². The van der Waals surface area contributed by atoms with E-state index in [4.69, 9.17) is 9.40 Å². The van der Waals surface area contributed by atoms with Crippen molar-refractivity contribution in [1.82, 2.24) is 14.8 Å². The first-order valence-electron chi connectivity index (χ1n) is 12.3. The zero-order chi connectivity index (χ0) is 22.6. The van der Waals surface area contributed by atoms with E-state index in [1.807, 2.05) is 17.9 Å². The van der Waals surface area contributed by atoms with Gasteiger partial charge in [-0.1, -0.05) is 48.9 Å². The summed E-state index contributed by atoms with van der Waals surface area (Å²) in [5.41, 5.74) is 4.43. The van der Waals surface area contributed by atoms with E-state index >= 15 is 0 Å². The summed E-state index contributed by atoms with van der Waals surface area (Å²) in [4.78, 5) is 21.5. The van der Waals surface area contributed by atoms with Crippen molar-refractivity contribution < 1.29 is 9.21 Å². The molecule has 0 aliphatic carbocycles. The number of amides is 1. The van der Waals surface area contributed by atoms with Crippen LogP contribution in [0.15, 0.2) is 59.0 Å². The third-order valence-electron chi connectivity index (χ3n) is 7.14. The Labute approximate surface area is 196 Å². The molecule has 1 aromatic heterocycles. The lowest BCUT2D eigenvalue weighted by Gasteiger charge is -2.36. The van der Waals surface area contributed by atoms with E-state index < -0.39 is 0 Å². The van der Waals surface area contributed by atoms with Gasteiger partial charge >= 0.3 is 0 Å². The lowest BCUT2D eigenvalue weighted by atomic mass is 9.98. The number of hydrogen-bond donors (Lipinski definition) is 0. The van der Waals surface area contributed by atoms with Gasteiger partial charge in [0, 0.05) is 37.7 Å². The first kappa shape index (κ1) is 21.9. The van der Waals surface area contributed by atoms with Crippen molar-refractivity contribution in [3.63, 3.8) is 0 Å². The van der Waals surface area contributed by atoms with Gasteiger partial charge in [-0.3, -0.25) is 9.69 Å². The number of likely N-dealkylation sites (tertiary alicyclic amines) is 2. The Hall–Kier alpha value is -2.92. The van der Waals surface area contributed by atoms with Crippen LogP contribution >= 0.6 is 0 Å². The highest BCUT2D eigenvalue weighted by atomic mass is 16.4. The van der Waals surface area contributed by atoms with Crippen LogP contribution in [0.3, 0.4) is 0 Å². The maximum atomic E-state index is 12.0. The molecule has 2 aliphatic rings. The van der Waals surface area contributed by atoms with Gasteiger partial charge in [-0.2, -0.15) is 0 Å². The standard InChI is InChI=1S/C28H33N3O2/c1-21-26(20-31-17-6-5-10-25(31)16-19-30-18-7-11-27(30)32)29-28(33-21)24-14-12-23(13-15-24)22-8-3-2-4-9-22/h2-4,8-9,12-15,25H,5-7,10-11,16-20H2,1H3/t25-/m0/s1. The summed E-state index contributed by atoms with van der Waals surface area (Å²) in [7, 11) is 0. The average Bonchev–Trinajstić information content (AvgIpc) is 3.44. The van der Waals surface area contributed by atoms with Crippen LogP contribution < -0.4 is 0 Å². The molecule has 0 N–H and O–H groups in total. The molecule has 5 rings (SSSR count). The SMILES string of the molecule is Cc1oc(-c2ccc(-c3ccccc3)cc2)nc1CN1CCCC[C@H]1CCN1CCCC1=O. The Bertz CT molecular complexity index is 1070. The smallest absolute Gasteiger partial charge is 0.226 e. The average molecular weight is 444 g/mol. The van der Waals surface area contributed by atoms with Gasteiger partial charge in [-0.25, -0.2) is 4.98 Å². The molecule has 33 heavy (non-hydrogen) atoms. The Balaban J connectivity index is 1.26. The minimum Gasteiger partial charge on any atom is -0.441 e. The van der Waals surface area contributed by atoms with Gasteiger partial charge in [0.15, 0.2) is 0 Å². The largest absolute Gasteiger partial charge is 0.441 e. The maximum absolute atomic E-state index is 12.0. The summed E-state index contributed by atoms with van der Waals surface area (Å²) in [5, 5.41) is 0. The Morgan fingerprint density at radius 1 is 0.939 bits per heavy atom. The zero-order valence-electron chi connectivity index (χ0n) is 19.5. The molecule has 0 saturated carbocycles. The van der Waals surface area contributed by atoms with E-state index in [1.54, 1.807) is 0 Å². The molecule has 5 heteroatoms. The Morgan fingerprint density at radius 2 is 1.70 bits per heavy atom. The van der Waals surface area contributed by atoms with Gasteiger partial charge in [0.1, 0.15) is 5.76 Å². The van der Waals surface area contributed by atoms with Gasteiger partial charge in [0.05, 0.1) is 5.69 Å². The van der Waals surface area contributed by atoms with E-state index in [0.717, 1.165) is 62.5 Å². The summed E-state index contributed by atoms with van der Waals surface area (Å²) >= 11 is 0. The molecule has 3 heterocycles. The highest BCUT2D eigenvalue weighted by Gasteiger charge is 2.27. The molecule has 0 unspecified atom stereocenters. The summed E-state index contributed by atoms with van der Waals surface area (Å²) in [6.07, 6.45) is 6.49. The molecule has 1 atom stereocenters. The van der Waals surface area contributed by atoms with Crippen LogP contribution in [-0.4, -0.2) is 46.4 Å². The fourth-order valence-electron chi connectivity index (χ4n) is 5.17. The summed E-state index contributed by atoms with van der Waals surface area (Å²) < 4.78 is 6.09. The molecule has 2 fully saturated rings. The summed E-state index contributed by atoms with van der Waals surface area (Å²) in [5.74, 6) is 1.92. The molecule has 2 aromatic carbocycles. The molecule has 0 bridgehead atoms. The number of oxazole rings is 1. The molecule has 1 amide bonds. The van der Waals surface area contributed by atoms with Crippen LogP contribution in [0.4, 0.5) is 0 Å². The van der Waals surface area contributed by atoms with Crippen molar-refractivity contribution in [2.45, 2.75) is 58.0 Å². The lowest BCUT2D eigenvalue weighted by Crippen LogP contribution is -2.41. The topological polar surface area (TPSA) is 49.6 Å². The van der Waals surface area contributed by atoms with Crippen molar-refractivity contribution >= 4 is 5.91 Å². The highest BCUT2D eigenvalue weighted by molar-refractivity contribution is 5.78. The van der Waals surface area contributed by atoms with E-state index in [1.165, 1.54) is 30.4 Å². The van der Waals surface area contributed by atoms with Crippen LogP contribution in [0.2, 0.25) is 0 Å². The van der Waals surface area contributed by atoms with E-state index in [-0.39, 0.29) is 0 Å². The van der Waals surface area contributed by atoms with E-state index in [2.05, 4.69) is 53.4 Å². The van der Waals surface area contributed by atoms with Crippen LogP contribution in [0.5, 0.6) is 0 Å². The van der Waals surface area contributed by atoms with Gasteiger partial charge in [-0.15, -0.1) is 0 Å². The van der Waals surface area contributed by atoms with Crippen molar-refractivity contribution in [1.29, 1.82) is 0 Å². The van der Waals surface area contributed by atoms with Gasteiger partial charge in [-0.05, 0) is 62.4 Å². The van der Waals surface area contributed by atoms with Gasteiger partial charge < -0.3 is 9.32 Å². The molecule has 5 nitrogen and oxygen atoms in total. The number of piperidine rings is 1. The normalized spacial score (nSPS) is 19.4. The second-order valence-electron chi connectivity index (χ2n) is 9.36. The zero-order valence-corrected chi connectivity index (χ0v) is 19.5. The third-order valence-corrected chi connectivity index (χ3v) is 7.14. The monoisotopic (exact) mass is 443 g/mol. The molecule has 2 saturated heterocycles. The Morgan fingerprint density at radius 3 is 2.45 bits per heavy atom. The number of aryl methyl sites for hydroxylation is 1. The molecule has 0 radical (unpaired) electrons. The quantitative estimate of drug-likeness (QED) is 0.471. The molecule has 3 aromatic rings. The predicted octanol–water partition coefficient (Wildman–Crippen LogP) is 5.68. The first-order valence-corrected chi connectivity index (χ1v) is 12.3. The van der Waals surface area contributed by atoms with Crippen molar-refractivity contribution in [3.05, 3.63) is 66.1 Å². The molecule has 2 aliphatic heterocycles.